The van der Waals surface area contributed by atoms with Gasteiger partial charge in [-0.1, -0.05) is 50.2 Å². The molecule has 1 atom stereocenters. The average Bonchev–Trinajstić information content (AvgIpc) is 2.53. The molecule has 3 heteroatoms. The van der Waals surface area contributed by atoms with Gasteiger partial charge in [-0.3, -0.25) is 9.88 Å². The van der Waals surface area contributed by atoms with Gasteiger partial charge in [0.15, 0.2) is 0 Å². The smallest absolute Gasteiger partial charge is 0.0547 e. The highest BCUT2D eigenvalue weighted by molar-refractivity contribution is 5.20. The van der Waals surface area contributed by atoms with Gasteiger partial charge in [-0.2, -0.15) is 0 Å². The quantitative estimate of drug-likeness (QED) is 0.845. The first-order valence-electron chi connectivity index (χ1n) is 7.93. The lowest BCUT2D eigenvalue weighted by Crippen LogP contribution is -2.25. The van der Waals surface area contributed by atoms with Gasteiger partial charge < -0.3 is 5.11 Å². The molecule has 0 saturated carbocycles. The summed E-state index contributed by atoms with van der Waals surface area (Å²) in [6.45, 7) is 5.28. The summed E-state index contributed by atoms with van der Waals surface area (Å²) < 4.78 is 0. The van der Waals surface area contributed by atoms with E-state index in [0.29, 0.717) is 5.92 Å². The molecular weight excluding hydrogens is 272 g/mol. The van der Waals surface area contributed by atoms with Gasteiger partial charge in [0.25, 0.3) is 0 Å². The second-order valence-corrected chi connectivity index (χ2v) is 6.06. The lowest BCUT2D eigenvalue weighted by molar-refractivity contribution is 0.178. The summed E-state index contributed by atoms with van der Waals surface area (Å²) in [6, 6.07) is 16.8. The number of aromatic nitrogens is 1. The normalized spacial score (nSPS) is 12.8. The number of nitrogens with zero attached hydrogens (tertiary/aromatic N) is 2. The fraction of sp³-hybridized carbons (Fsp3) is 0.421. The molecular formula is C19H26N2O. The molecule has 0 amide bonds. The predicted molar refractivity (Wildman–Crippen MR) is 90.7 cm³/mol. The molecule has 0 bridgehead atoms. The fourth-order valence-corrected chi connectivity index (χ4v) is 2.71. The van der Waals surface area contributed by atoms with E-state index < -0.39 is 0 Å². The molecule has 0 radical (unpaired) electrons. The van der Waals surface area contributed by atoms with Crippen molar-refractivity contribution in [1.29, 1.82) is 0 Å². The number of aliphatic hydroxyl groups is 1. The predicted octanol–water partition coefficient (Wildman–Crippen LogP) is 3.76. The summed E-state index contributed by atoms with van der Waals surface area (Å²) in [5.74, 6) is 0.438. The minimum Gasteiger partial charge on any atom is -0.396 e. The van der Waals surface area contributed by atoms with Crippen LogP contribution in [0.4, 0.5) is 0 Å². The van der Waals surface area contributed by atoms with Crippen LogP contribution in [-0.2, 0) is 6.54 Å². The first-order valence-corrected chi connectivity index (χ1v) is 7.93. The summed E-state index contributed by atoms with van der Waals surface area (Å²) in [4.78, 5) is 7.01. The number of benzene rings is 1. The number of rotatable bonds is 7. The standard InChI is InChI=1S/C19H26N2O/c1-15(2)18-11-7-10-17(20-18)14-21(3)19(12-13-22)16-8-5-4-6-9-16/h4-11,15,19,22H,12-14H2,1-3H3. The summed E-state index contributed by atoms with van der Waals surface area (Å²) in [6.07, 6.45) is 0.727. The van der Waals surface area contributed by atoms with Crippen molar-refractivity contribution >= 4 is 0 Å². The van der Waals surface area contributed by atoms with Crippen LogP contribution in [0.25, 0.3) is 0 Å². The number of hydrogen-bond acceptors (Lipinski definition) is 3. The molecule has 2 aromatic rings. The van der Waals surface area contributed by atoms with E-state index in [1.807, 2.05) is 18.2 Å². The molecule has 1 aromatic heterocycles. The molecule has 2 rings (SSSR count). The lowest BCUT2D eigenvalue weighted by atomic mass is 10.0. The topological polar surface area (TPSA) is 36.4 Å². The van der Waals surface area contributed by atoms with Gasteiger partial charge in [0.2, 0.25) is 0 Å². The largest absolute Gasteiger partial charge is 0.396 e. The molecule has 0 aliphatic heterocycles. The van der Waals surface area contributed by atoms with Crippen molar-refractivity contribution in [3.63, 3.8) is 0 Å². The van der Waals surface area contributed by atoms with E-state index in [9.17, 15) is 5.11 Å². The Kier molecular flexibility index (Phi) is 6.10. The maximum absolute atomic E-state index is 9.39. The first-order chi connectivity index (χ1) is 10.6. The van der Waals surface area contributed by atoms with Gasteiger partial charge in [0.05, 0.1) is 5.69 Å². The van der Waals surface area contributed by atoms with E-state index in [1.165, 1.54) is 5.56 Å². The molecule has 0 aliphatic rings. The Morgan fingerprint density at radius 2 is 1.77 bits per heavy atom. The Balaban J connectivity index is 2.14. The van der Waals surface area contributed by atoms with Crippen LogP contribution < -0.4 is 0 Å². The van der Waals surface area contributed by atoms with Gasteiger partial charge >= 0.3 is 0 Å². The summed E-state index contributed by atoms with van der Waals surface area (Å²) in [5, 5.41) is 9.39. The van der Waals surface area contributed by atoms with E-state index in [-0.39, 0.29) is 12.6 Å². The van der Waals surface area contributed by atoms with Gasteiger partial charge in [-0.05, 0) is 37.1 Å². The van der Waals surface area contributed by atoms with Crippen LogP contribution in [0.2, 0.25) is 0 Å². The summed E-state index contributed by atoms with van der Waals surface area (Å²) >= 11 is 0. The van der Waals surface area contributed by atoms with Crippen molar-refractivity contribution in [1.82, 2.24) is 9.88 Å². The van der Waals surface area contributed by atoms with Crippen molar-refractivity contribution in [2.75, 3.05) is 13.7 Å². The van der Waals surface area contributed by atoms with Gasteiger partial charge in [0, 0.05) is 24.9 Å². The summed E-state index contributed by atoms with van der Waals surface area (Å²) in [7, 11) is 2.09. The third-order valence-electron chi connectivity index (χ3n) is 3.95. The van der Waals surface area contributed by atoms with Crippen molar-refractivity contribution in [3.8, 4) is 0 Å². The zero-order chi connectivity index (χ0) is 15.9. The molecule has 0 aliphatic carbocycles. The highest BCUT2D eigenvalue weighted by Gasteiger charge is 2.17. The Hall–Kier alpha value is -1.71. The van der Waals surface area contributed by atoms with Crippen LogP contribution in [0.15, 0.2) is 48.5 Å². The average molecular weight is 298 g/mol. The molecule has 1 heterocycles. The maximum Gasteiger partial charge on any atom is 0.0547 e. The van der Waals surface area contributed by atoms with Crippen molar-refractivity contribution in [2.45, 2.75) is 38.8 Å². The SMILES string of the molecule is CC(C)c1cccc(CN(C)C(CCO)c2ccccc2)n1. The third kappa shape index (κ3) is 4.39. The number of aliphatic hydroxyl groups excluding tert-OH is 1. The van der Waals surface area contributed by atoms with Crippen LogP contribution >= 0.6 is 0 Å². The minimum atomic E-state index is 0.184. The molecule has 1 aromatic carbocycles. The minimum absolute atomic E-state index is 0.184. The van der Waals surface area contributed by atoms with Crippen LogP contribution in [0.1, 0.15) is 49.2 Å². The van der Waals surface area contributed by atoms with Gasteiger partial charge in [-0.25, -0.2) is 0 Å². The van der Waals surface area contributed by atoms with Crippen molar-refractivity contribution < 1.29 is 5.11 Å². The zero-order valence-electron chi connectivity index (χ0n) is 13.7. The molecule has 0 saturated heterocycles. The fourth-order valence-electron chi connectivity index (χ4n) is 2.71. The first kappa shape index (κ1) is 16.7. The molecule has 118 valence electrons. The highest BCUT2D eigenvalue weighted by Crippen LogP contribution is 2.24. The molecule has 1 unspecified atom stereocenters. The highest BCUT2D eigenvalue weighted by atomic mass is 16.3. The Bertz CT molecular complexity index is 569. The lowest BCUT2D eigenvalue weighted by Gasteiger charge is -2.28. The molecule has 0 fully saturated rings. The van der Waals surface area contributed by atoms with Gasteiger partial charge in [-0.15, -0.1) is 0 Å². The second kappa shape index (κ2) is 8.06. The molecule has 22 heavy (non-hydrogen) atoms. The van der Waals surface area contributed by atoms with E-state index in [2.05, 4.69) is 56.1 Å². The van der Waals surface area contributed by atoms with E-state index in [0.717, 1.165) is 24.4 Å². The van der Waals surface area contributed by atoms with Crippen molar-refractivity contribution in [2.24, 2.45) is 0 Å². The van der Waals surface area contributed by atoms with Crippen molar-refractivity contribution in [3.05, 3.63) is 65.5 Å². The Morgan fingerprint density at radius 3 is 2.41 bits per heavy atom. The van der Waals surface area contributed by atoms with Crippen LogP contribution in [0, 0.1) is 0 Å². The second-order valence-electron chi connectivity index (χ2n) is 6.06. The molecule has 1 N–H and O–H groups in total. The van der Waals surface area contributed by atoms with Gasteiger partial charge in [0.1, 0.15) is 0 Å². The molecule has 0 spiro atoms. The zero-order valence-corrected chi connectivity index (χ0v) is 13.7. The van der Waals surface area contributed by atoms with Crippen LogP contribution in [-0.4, -0.2) is 28.6 Å². The van der Waals surface area contributed by atoms with E-state index in [4.69, 9.17) is 4.98 Å². The van der Waals surface area contributed by atoms with Crippen LogP contribution in [0.5, 0.6) is 0 Å². The monoisotopic (exact) mass is 298 g/mol. The molecule has 3 nitrogen and oxygen atoms in total. The Labute approximate surface area is 133 Å². The maximum atomic E-state index is 9.39. The van der Waals surface area contributed by atoms with E-state index >= 15 is 0 Å². The van der Waals surface area contributed by atoms with Crippen LogP contribution in [0.3, 0.4) is 0 Å². The van der Waals surface area contributed by atoms with E-state index in [1.54, 1.807) is 0 Å². The third-order valence-corrected chi connectivity index (χ3v) is 3.95. The Morgan fingerprint density at radius 1 is 1.05 bits per heavy atom. The number of hydrogen-bond donors (Lipinski definition) is 1. The summed E-state index contributed by atoms with van der Waals surface area (Å²) in [5.41, 5.74) is 3.44. The number of pyridine rings is 1.